The fourth-order valence-electron chi connectivity index (χ4n) is 2.80. The van der Waals surface area contributed by atoms with Gasteiger partial charge in [0.05, 0.1) is 11.4 Å². The maximum Gasteiger partial charge on any atom is 0.424 e. The third-order valence-electron chi connectivity index (χ3n) is 4.35. The molecule has 0 radical (unpaired) electrons. The van der Waals surface area contributed by atoms with Crippen molar-refractivity contribution in [3.05, 3.63) is 86.4 Å². The monoisotopic (exact) mass is 433 g/mol. The number of nitrogens with zero attached hydrogens (tertiary/aromatic N) is 1. The molecule has 0 bridgehead atoms. The zero-order valence-corrected chi connectivity index (χ0v) is 17.9. The molecule has 0 fully saturated rings. The third-order valence-corrected chi connectivity index (χ3v) is 5.06. The Hall–Kier alpha value is -2.20. The van der Waals surface area contributed by atoms with Crippen LogP contribution in [0.3, 0.4) is 0 Å². The lowest BCUT2D eigenvalue weighted by Gasteiger charge is -2.26. The molecular formula is C22H18Cl3NO2. The number of amides is 1. The Balaban J connectivity index is 2.13. The summed E-state index contributed by atoms with van der Waals surface area (Å²) in [7, 11) is 0. The highest BCUT2D eigenvalue weighted by molar-refractivity contribution is 6.31. The second-order valence-electron chi connectivity index (χ2n) is 6.47. The second kappa shape index (κ2) is 8.44. The summed E-state index contributed by atoms with van der Waals surface area (Å²) in [6.45, 7) is 5.64. The van der Waals surface area contributed by atoms with Gasteiger partial charge >= 0.3 is 6.09 Å². The first-order valence-electron chi connectivity index (χ1n) is 8.56. The van der Waals surface area contributed by atoms with Gasteiger partial charge in [0.15, 0.2) is 0 Å². The topological polar surface area (TPSA) is 29.5 Å². The minimum Gasteiger partial charge on any atom is -0.409 e. The van der Waals surface area contributed by atoms with Crippen molar-refractivity contribution >= 4 is 52.3 Å². The summed E-state index contributed by atoms with van der Waals surface area (Å²) in [5, 5.41) is 1.51. The summed E-state index contributed by atoms with van der Waals surface area (Å²) in [5.41, 5.74) is 3.75. The molecule has 0 spiro atoms. The largest absolute Gasteiger partial charge is 0.424 e. The Bertz CT molecular complexity index is 998. The quantitative estimate of drug-likeness (QED) is 0.419. The van der Waals surface area contributed by atoms with Gasteiger partial charge in [0.25, 0.3) is 0 Å². The van der Waals surface area contributed by atoms with Gasteiger partial charge in [-0.1, -0.05) is 53.0 Å². The van der Waals surface area contributed by atoms with Crippen LogP contribution >= 0.6 is 34.8 Å². The standard InChI is InChI=1S/C22H18Cl3NO2/c1-13-4-7-16(23)10-19(13)26(20-11-17(24)8-5-14(20)2)22(27)28-21-12-18(25)9-6-15(21)3/h4-12H,1-3H3. The molecule has 6 heteroatoms. The fourth-order valence-corrected chi connectivity index (χ4v) is 3.29. The molecule has 3 rings (SSSR count). The van der Waals surface area contributed by atoms with Crippen LogP contribution in [-0.2, 0) is 0 Å². The van der Waals surface area contributed by atoms with E-state index in [0.717, 1.165) is 16.7 Å². The highest BCUT2D eigenvalue weighted by atomic mass is 35.5. The van der Waals surface area contributed by atoms with Crippen LogP contribution in [0, 0.1) is 20.8 Å². The molecular weight excluding hydrogens is 417 g/mol. The molecule has 0 atom stereocenters. The molecule has 0 aliphatic heterocycles. The average molecular weight is 435 g/mol. The number of hydrogen-bond donors (Lipinski definition) is 0. The van der Waals surface area contributed by atoms with Crippen molar-refractivity contribution in [1.82, 2.24) is 0 Å². The molecule has 3 aromatic rings. The lowest BCUT2D eigenvalue weighted by molar-refractivity contribution is 0.210. The van der Waals surface area contributed by atoms with Gasteiger partial charge in [0.1, 0.15) is 5.75 Å². The van der Waals surface area contributed by atoms with Crippen molar-refractivity contribution in [1.29, 1.82) is 0 Å². The van der Waals surface area contributed by atoms with Crippen molar-refractivity contribution < 1.29 is 9.53 Å². The lowest BCUT2D eigenvalue weighted by Crippen LogP contribution is -2.30. The van der Waals surface area contributed by atoms with Gasteiger partial charge in [-0.05, 0) is 73.9 Å². The molecule has 0 saturated carbocycles. The number of anilines is 2. The molecule has 0 aliphatic carbocycles. The number of carbonyl (C=O) groups excluding carboxylic acids is 1. The highest BCUT2D eigenvalue weighted by Gasteiger charge is 2.25. The summed E-state index contributed by atoms with van der Waals surface area (Å²) in [6.07, 6.45) is -0.582. The Morgan fingerprint density at radius 3 is 1.64 bits per heavy atom. The molecule has 28 heavy (non-hydrogen) atoms. The predicted octanol–water partition coefficient (Wildman–Crippen LogP) is 7.91. The number of halogens is 3. The van der Waals surface area contributed by atoms with E-state index in [1.807, 2.05) is 32.9 Å². The molecule has 0 unspecified atom stereocenters. The van der Waals surface area contributed by atoms with Crippen molar-refractivity contribution in [3.63, 3.8) is 0 Å². The normalized spacial score (nSPS) is 10.6. The molecule has 0 saturated heterocycles. The van der Waals surface area contributed by atoms with E-state index >= 15 is 0 Å². The van der Waals surface area contributed by atoms with E-state index in [0.29, 0.717) is 32.2 Å². The minimum atomic E-state index is -0.582. The van der Waals surface area contributed by atoms with Crippen LogP contribution in [0.5, 0.6) is 5.75 Å². The molecule has 0 N–H and O–H groups in total. The zero-order chi connectivity index (χ0) is 20.4. The van der Waals surface area contributed by atoms with E-state index in [1.165, 1.54) is 4.90 Å². The van der Waals surface area contributed by atoms with E-state index in [-0.39, 0.29) is 0 Å². The third kappa shape index (κ3) is 4.44. The zero-order valence-electron chi connectivity index (χ0n) is 15.6. The van der Waals surface area contributed by atoms with Gasteiger partial charge in [0.2, 0.25) is 0 Å². The first-order valence-corrected chi connectivity index (χ1v) is 9.70. The highest BCUT2D eigenvalue weighted by Crippen LogP contribution is 2.35. The number of ether oxygens (including phenoxy) is 1. The maximum atomic E-state index is 13.3. The van der Waals surface area contributed by atoms with Crippen LogP contribution in [-0.4, -0.2) is 6.09 Å². The number of hydrogen-bond acceptors (Lipinski definition) is 2. The summed E-state index contributed by atoms with van der Waals surface area (Å²) in [4.78, 5) is 14.8. The average Bonchev–Trinajstić information content (AvgIpc) is 2.64. The van der Waals surface area contributed by atoms with Crippen LogP contribution < -0.4 is 9.64 Å². The van der Waals surface area contributed by atoms with Crippen LogP contribution in [0.15, 0.2) is 54.6 Å². The van der Waals surface area contributed by atoms with Gasteiger partial charge in [0, 0.05) is 15.1 Å². The Kier molecular flexibility index (Phi) is 6.19. The van der Waals surface area contributed by atoms with Crippen LogP contribution in [0.2, 0.25) is 15.1 Å². The number of rotatable bonds is 3. The molecule has 0 aliphatic rings. The number of benzene rings is 3. The smallest absolute Gasteiger partial charge is 0.409 e. The van der Waals surface area contributed by atoms with Gasteiger partial charge in [-0.3, -0.25) is 0 Å². The first kappa shape index (κ1) is 20.5. The number of carbonyl (C=O) groups is 1. The molecule has 144 valence electrons. The van der Waals surface area contributed by atoms with Gasteiger partial charge in [-0.2, -0.15) is 0 Å². The van der Waals surface area contributed by atoms with Gasteiger partial charge < -0.3 is 4.74 Å². The summed E-state index contributed by atoms with van der Waals surface area (Å²) >= 11 is 18.5. The van der Waals surface area contributed by atoms with Crippen molar-refractivity contribution in [3.8, 4) is 5.75 Å². The molecule has 0 aromatic heterocycles. The summed E-state index contributed by atoms with van der Waals surface area (Å²) in [5.74, 6) is 0.391. The Morgan fingerprint density at radius 1 is 0.714 bits per heavy atom. The number of aryl methyl sites for hydroxylation is 3. The lowest BCUT2D eigenvalue weighted by atomic mass is 10.1. The van der Waals surface area contributed by atoms with Crippen molar-refractivity contribution in [2.45, 2.75) is 20.8 Å². The first-order chi connectivity index (χ1) is 13.3. The Morgan fingerprint density at radius 2 is 1.14 bits per heavy atom. The van der Waals surface area contributed by atoms with Crippen molar-refractivity contribution in [2.24, 2.45) is 0 Å². The molecule has 1 amide bonds. The maximum absolute atomic E-state index is 13.3. The summed E-state index contributed by atoms with van der Waals surface area (Å²) < 4.78 is 5.70. The SMILES string of the molecule is Cc1ccc(Cl)cc1OC(=O)N(c1cc(Cl)ccc1C)c1cc(Cl)ccc1C. The molecule has 0 heterocycles. The fraction of sp³-hybridized carbons (Fsp3) is 0.136. The van der Waals surface area contributed by atoms with E-state index in [1.54, 1.807) is 42.5 Å². The predicted molar refractivity (Wildman–Crippen MR) is 117 cm³/mol. The van der Waals surface area contributed by atoms with Crippen LogP contribution in [0.25, 0.3) is 0 Å². The van der Waals surface area contributed by atoms with Gasteiger partial charge in [-0.15, -0.1) is 0 Å². The Labute approximate surface area is 179 Å². The van der Waals surface area contributed by atoms with E-state index < -0.39 is 6.09 Å². The van der Waals surface area contributed by atoms with E-state index in [9.17, 15) is 4.79 Å². The van der Waals surface area contributed by atoms with E-state index in [4.69, 9.17) is 39.5 Å². The van der Waals surface area contributed by atoms with Crippen LogP contribution in [0.4, 0.5) is 16.2 Å². The second-order valence-corrected chi connectivity index (χ2v) is 7.78. The molecule has 3 nitrogen and oxygen atoms in total. The van der Waals surface area contributed by atoms with Crippen molar-refractivity contribution in [2.75, 3.05) is 4.90 Å². The van der Waals surface area contributed by atoms with E-state index in [2.05, 4.69) is 0 Å². The summed E-state index contributed by atoms with van der Waals surface area (Å²) in [6, 6.07) is 15.9. The van der Waals surface area contributed by atoms with Gasteiger partial charge in [-0.25, -0.2) is 9.69 Å². The molecule has 3 aromatic carbocycles. The van der Waals surface area contributed by atoms with Crippen LogP contribution in [0.1, 0.15) is 16.7 Å². The minimum absolute atomic E-state index is 0.391.